The van der Waals surface area contributed by atoms with Crippen molar-refractivity contribution in [1.29, 1.82) is 0 Å². The van der Waals surface area contributed by atoms with E-state index in [4.69, 9.17) is 4.98 Å². The number of nitrogens with zero attached hydrogens (tertiary/aromatic N) is 4. The molecule has 0 aliphatic carbocycles. The molecule has 3 rings (SSSR count). The fourth-order valence-corrected chi connectivity index (χ4v) is 6.88. The summed E-state index contributed by atoms with van der Waals surface area (Å²) in [6.45, 7) is 15.5. The zero-order chi connectivity index (χ0) is 22.1. The van der Waals surface area contributed by atoms with Crippen LogP contribution in [0.4, 0.5) is 0 Å². The van der Waals surface area contributed by atoms with Crippen LogP contribution in [0.25, 0.3) is 11.0 Å². The first-order valence-electron chi connectivity index (χ1n) is 11.0. The Morgan fingerprint density at radius 1 is 1.07 bits per heavy atom. The van der Waals surface area contributed by atoms with Gasteiger partial charge in [0.15, 0.2) is 5.16 Å². The van der Waals surface area contributed by atoms with Crippen LogP contribution < -0.4 is 0 Å². The second-order valence-electron chi connectivity index (χ2n) is 8.89. The quantitative estimate of drug-likeness (QED) is 0.520. The van der Waals surface area contributed by atoms with Crippen molar-refractivity contribution >= 4 is 32.8 Å². The van der Waals surface area contributed by atoms with E-state index < -0.39 is 10.0 Å². The van der Waals surface area contributed by atoms with E-state index in [1.165, 1.54) is 0 Å². The molecule has 0 amide bonds. The van der Waals surface area contributed by atoms with E-state index in [1.807, 2.05) is 6.07 Å². The molecule has 1 fully saturated rings. The molecule has 1 saturated heterocycles. The molecule has 2 aromatic rings. The third-order valence-electron chi connectivity index (χ3n) is 5.76. The van der Waals surface area contributed by atoms with Gasteiger partial charge in [-0.1, -0.05) is 11.8 Å². The number of sulfonamides is 1. The van der Waals surface area contributed by atoms with Gasteiger partial charge in [0.25, 0.3) is 0 Å². The predicted octanol–water partition coefficient (Wildman–Crippen LogP) is 4.61. The Morgan fingerprint density at radius 3 is 2.27 bits per heavy atom. The van der Waals surface area contributed by atoms with Crippen LogP contribution in [-0.2, 0) is 10.0 Å². The van der Waals surface area contributed by atoms with Crippen molar-refractivity contribution in [3.8, 4) is 0 Å². The van der Waals surface area contributed by atoms with Crippen LogP contribution in [0.1, 0.15) is 60.4 Å². The highest BCUT2D eigenvalue weighted by atomic mass is 32.2. The average Bonchev–Trinajstić information content (AvgIpc) is 3.31. The molecule has 0 N–H and O–H groups in total. The first-order valence-corrected chi connectivity index (χ1v) is 13.5. The highest BCUT2D eigenvalue weighted by molar-refractivity contribution is 7.99. The van der Waals surface area contributed by atoms with Crippen molar-refractivity contribution in [3.63, 3.8) is 0 Å². The molecule has 1 aliphatic rings. The van der Waals surface area contributed by atoms with Crippen LogP contribution in [0.3, 0.4) is 0 Å². The molecule has 0 saturated carbocycles. The van der Waals surface area contributed by atoms with E-state index in [-0.39, 0.29) is 6.04 Å². The summed E-state index contributed by atoms with van der Waals surface area (Å²) in [7, 11) is -3.43. The zero-order valence-electron chi connectivity index (χ0n) is 19.1. The van der Waals surface area contributed by atoms with Crippen molar-refractivity contribution < 1.29 is 8.42 Å². The summed E-state index contributed by atoms with van der Waals surface area (Å²) >= 11 is 1.75. The van der Waals surface area contributed by atoms with Crippen LogP contribution >= 0.6 is 11.8 Å². The van der Waals surface area contributed by atoms with Crippen LogP contribution in [0, 0.1) is 0 Å². The fourth-order valence-electron chi connectivity index (χ4n) is 4.25. The lowest BCUT2D eigenvalue weighted by molar-refractivity contribution is 0.187. The Kier molecular flexibility index (Phi) is 7.53. The minimum absolute atomic E-state index is 0.254. The largest absolute Gasteiger partial charge is 0.316 e. The smallest absolute Gasteiger partial charge is 0.243 e. The average molecular weight is 453 g/mol. The van der Waals surface area contributed by atoms with Gasteiger partial charge in [-0.3, -0.25) is 4.90 Å². The van der Waals surface area contributed by atoms with Crippen molar-refractivity contribution in [2.24, 2.45) is 0 Å². The van der Waals surface area contributed by atoms with Gasteiger partial charge in [0, 0.05) is 43.5 Å². The maximum absolute atomic E-state index is 13.0. The van der Waals surface area contributed by atoms with Gasteiger partial charge in [-0.25, -0.2) is 13.4 Å². The summed E-state index contributed by atoms with van der Waals surface area (Å²) in [5, 5.41) is 0.961. The Morgan fingerprint density at radius 2 is 1.70 bits per heavy atom. The lowest BCUT2D eigenvalue weighted by Crippen LogP contribution is -2.38. The molecule has 8 heteroatoms. The third-order valence-corrected chi connectivity index (χ3v) is 8.58. The summed E-state index contributed by atoms with van der Waals surface area (Å²) in [5.74, 6) is 0.950. The van der Waals surface area contributed by atoms with Gasteiger partial charge in [0.2, 0.25) is 10.0 Å². The number of rotatable bonds is 9. The van der Waals surface area contributed by atoms with Gasteiger partial charge in [-0.2, -0.15) is 4.31 Å². The molecule has 30 heavy (non-hydrogen) atoms. The SMILES string of the molecule is CC(C)N(CCSc1nc2cc(S(=O)(=O)N3CCCC3)ccc2n1C(C)C)C(C)C. The molecule has 0 bridgehead atoms. The van der Waals surface area contributed by atoms with Crippen LogP contribution in [0.5, 0.6) is 0 Å². The van der Waals surface area contributed by atoms with E-state index in [1.54, 1.807) is 28.2 Å². The summed E-state index contributed by atoms with van der Waals surface area (Å²) in [5.41, 5.74) is 1.76. The zero-order valence-corrected chi connectivity index (χ0v) is 20.8. The number of benzene rings is 1. The first-order chi connectivity index (χ1) is 14.1. The molecule has 0 spiro atoms. The normalized spacial score (nSPS) is 16.2. The molecule has 0 radical (unpaired) electrons. The molecule has 168 valence electrons. The molecule has 6 nitrogen and oxygen atoms in total. The summed E-state index contributed by atoms with van der Waals surface area (Å²) in [4.78, 5) is 7.68. The molecular formula is C22H36N4O2S2. The first kappa shape index (κ1) is 23.6. The van der Waals surface area contributed by atoms with Gasteiger partial charge in [0.1, 0.15) is 0 Å². The van der Waals surface area contributed by atoms with E-state index in [0.29, 0.717) is 30.1 Å². The monoisotopic (exact) mass is 452 g/mol. The number of thioether (sulfide) groups is 1. The maximum Gasteiger partial charge on any atom is 0.243 e. The van der Waals surface area contributed by atoms with Crippen molar-refractivity contribution in [3.05, 3.63) is 18.2 Å². The number of aromatic nitrogens is 2. The number of imidazole rings is 1. The van der Waals surface area contributed by atoms with E-state index >= 15 is 0 Å². The number of hydrogen-bond donors (Lipinski definition) is 0. The maximum atomic E-state index is 13.0. The van der Waals surface area contributed by atoms with Crippen molar-refractivity contribution in [1.82, 2.24) is 18.8 Å². The number of fused-ring (bicyclic) bond motifs is 1. The van der Waals surface area contributed by atoms with Gasteiger partial charge in [-0.15, -0.1) is 0 Å². The summed E-state index contributed by atoms with van der Waals surface area (Å²) in [6, 6.07) is 6.68. The van der Waals surface area contributed by atoms with Gasteiger partial charge < -0.3 is 4.57 Å². The van der Waals surface area contributed by atoms with Crippen molar-refractivity contribution in [2.45, 2.75) is 82.6 Å². The number of hydrogen-bond acceptors (Lipinski definition) is 5. The van der Waals surface area contributed by atoms with E-state index in [9.17, 15) is 8.42 Å². The van der Waals surface area contributed by atoms with Gasteiger partial charge in [-0.05, 0) is 72.6 Å². The van der Waals surface area contributed by atoms with Gasteiger partial charge >= 0.3 is 0 Å². The molecule has 1 aliphatic heterocycles. The molecule has 1 aromatic carbocycles. The second-order valence-corrected chi connectivity index (χ2v) is 11.9. The van der Waals surface area contributed by atoms with E-state index in [2.05, 4.69) is 51.0 Å². The molecule has 1 aromatic heterocycles. The van der Waals surface area contributed by atoms with Crippen LogP contribution in [0.15, 0.2) is 28.3 Å². The van der Waals surface area contributed by atoms with Crippen LogP contribution in [-0.4, -0.2) is 64.6 Å². The standard InChI is InChI=1S/C22H36N4O2S2/c1-16(2)25(17(3)4)13-14-29-22-23-20-15-19(9-10-21(20)26(22)18(5)6)30(27,28)24-11-7-8-12-24/h9-10,15-18H,7-8,11-14H2,1-6H3. The molecule has 0 unspecified atom stereocenters. The molecule has 0 atom stereocenters. The third kappa shape index (κ3) is 4.87. The Balaban J connectivity index is 1.87. The molecular weight excluding hydrogens is 416 g/mol. The Bertz CT molecular complexity index is 953. The fraction of sp³-hybridized carbons (Fsp3) is 0.682. The lowest BCUT2D eigenvalue weighted by atomic mass is 10.2. The summed E-state index contributed by atoms with van der Waals surface area (Å²) < 4.78 is 29.7. The van der Waals surface area contributed by atoms with E-state index in [0.717, 1.165) is 41.3 Å². The van der Waals surface area contributed by atoms with Gasteiger partial charge in [0.05, 0.1) is 15.9 Å². The minimum atomic E-state index is -3.43. The summed E-state index contributed by atoms with van der Waals surface area (Å²) in [6.07, 6.45) is 1.88. The topological polar surface area (TPSA) is 58.4 Å². The lowest BCUT2D eigenvalue weighted by Gasteiger charge is -2.30. The Labute approximate surface area is 186 Å². The minimum Gasteiger partial charge on any atom is -0.316 e. The highest BCUT2D eigenvalue weighted by Gasteiger charge is 2.28. The van der Waals surface area contributed by atoms with Crippen molar-refractivity contribution in [2.75, 3.05) is 25.4 Å². The predicted molar refractivity (Wildman–Crippen MR) is 126 cm³/mol. The second kappa shape index (κ2) is 9.59. The van der Waals surface area contributed by atoms with Crippen LogP contribution in [0.2, 0.25) is 0 Å². The molecule has 2 heterocycles. The highest BCUT2D eigenvalue weighted by Crippen LogP contribution is 2.30. The Hall–Kier alpha value is -1.09.